The Morgan fingerprint density at radius 3 is 3.08 bits per heavy atom. The first-order valence-electron chi connectivity index (χ1n) is 8.51. The van der Waals surface area contributed by atoms with E-state index >= 15 is 0 Å². The van der Waals surface area contributed by atoms with Gasteiger partial charge in [0, 0.05) is 12.2 Å². The van der Waals surface area contributed by atoms with E-state index in [1.165, 1.54) is 24.7 Å². The van der Waals surface area contributed by atoms with Crippen LogP contribution in [0.2, 0.25) is 0 Å². The van der Waals surface area contributed by atoms with Crippen molar-refractivity contribution in [3.63, 3.8) is 0 Å². The van der Waals surface area contributed by atoms with Gasteiger partial charge in [-0.25, -0.2) is 9.97 Å². The number of fused-ring (bicyclic) bond motifs is 1. The number of hydrogen-bond acceptors (Lipinski definition) is 6. The minimum atomic E-state index is -0.0220. The summed E-state index contributed by atoms with van der Waals surface area (Å²) in [7, 11) is 0. The second-order valence-electron chi connectivity index (χ2n) is 6.38. The van der Waals surface area contributed by atoms with Crippen molar-refractivity contribution in [2.24, 2.45) is 0 Å². The Labute approximate surface area is 140 Å². The van der Waals surface area contributed by atoms with Gasteiger partial charge < -0.3 is 10.1 Å². The molecule has 4 rings (SSSR count). The SMILES string of the molecule is N#Cc1cc2c(nc1NC[C@H]1CC[C@@H](c3ncn[nH]3)O1)CCCC2. The van der Waals surface area contributed by atoms with Crippen molar-refractivity contribution in [1.82, 2.24) is 20.2 Å². The summed E-state index contributed by atoms with van der Waals surface area (Å²) in [6.45, 7) is 0.644. The first-order valence-corrected chi connectivity index (χ1v) is 8.51. The van der Waals surface area contributed by atoms with Crippen LogP contribution >= 0.6 is 0 Å². The number of aromatic amines is 1. The summed E-state index contributed by atoms with van der Waals surface area (Å²) in [6.07, 6.45) is 7.83. The minimum absolute atomic E-state index is 0.0220. The van der Waals surface area contributed by atoms with Crippen LogP contribution in [0.3, 0.4) is 0 Å². The number of anilines is 1. The Hall–Kier alpha value is -2.46. The summed E-state index contributed by atoms with van der Waals surface area (Å²) in [5.74, 6) is 1.46. The van der Waals surface area contributed by atoms with E-state index in [1.54, 1.807) is 0 Å². The number of ether oxygens (including phenoxy) is 1. The zero-order chi connectivity index (χ0) is 16.4. The summed E-state index contributed by atoms with van der Waals surface area (Å²) in [5.41, 5.74) is 2.99. The van der Waals surface area contributed by atoms with Crippen LogP contribution in [0.15, 0.2) is 12.4 Å². The highest BCUT2D eigenvalue weighted by Gasteiger charge is 2.28. The van der Waals surface area contributed by atoms with Crippen LogP contribution in [0.25, 0.3) is 0 Å². The standard InChI is InChI=1S/C17H20N6O/c18-8-12-7-11-3-1-2-4-14(11)22-16(12)19-9-13-5-6-15(24-13)17-20-10-21-23-17/h7,10,13,15H,1-6,9H2,(H,19,22)(H,20,21,23)/t13-,15+/m1/s1. The van der Waals surface area contributed by atoms with Crippen LogP contribution in [-0.4, -0.2) is 32.8 Å². The Bertz CT molecular complexity index is 751. The predicted molar refractivity (Wildman–Crippen MR) is 87.3 cm³/mol. The minimum Gasteiger partial charge on any atom is -0.366 e. The monoisotopic (exact) mass is 324 g/mol. The number of pyridine rings is 1. The number of H-pyrrole nitrogens is 1. The van der Waals surface area contributed by atoms with Crippen molar-refractivity contribution in [3.8, 4) is 6.07 Å². The highest BCUT2D eigenvalue weighted by atomic mass is 16.5. The lowest BCUT2D eigenvalue weighted by molar-refractivity contribution is 0.0472. The maximum atomic E-state index is 9.40. The van der Waals surface area contributed by atoms with Crippen LogP contribution in [0.5, 0.6) is 0 Å². The first kappa shape index (κ1) is 15.1. The number of nitrogens with zero attached hydrogens (tertiary/aromatic N) is 4. The van der Waals surface area contributed by atoms with Crippen molar-refractivity contribution in [1.29, 1.82) is 5.26 Å². The van der Waals surface area contributed by atoms with E-state index < -0.39 is 0 Å². The summed E-state index contributed by atoms with van der Waals surface area (Å²) >= 11 is 0. The second kappa shape index (κ2) is 6.57. The fraction of sp³-hybridized carbons (Fsp3) is 0.529. The van der Waals surface area contributed by atoms with E-state index in [4.69, 9.17) is 9.72 Å². The molecule has 1 saturated heterocycles. The van der Waals surface area contributed by atoms with Crippen LogP contribution in [0.4, 0.5) is 5.82 Å². The highest BCUT2D eigenvalue weighted by molar-refractivity contribution is 5.54. The number of nitriles is 1. The average molecular weight is 324 g/mol. The van der Waals surface area contributed by atoms with Gasteiger partial charge in [-0.15, -0.1) is 0 Å². The number of hydrogen-bond donors (Lipinski definition) is 2. The van der Waals surface area contributed by atoms with Crippen molar-refractivity contribution in [2.75, 3.05) is 11.9 Å². The molecule has 2 N–H and O–H groups in total. The van der Waals surface area contributed by atoms with Gasteiger partial charge in [0.1, 0.15) is 24.3 Å². The third-order valence-corrected chi connectivity index (χ3v) is 4.76. The molecule has 2 atom stereocenters. The average Bonchev–Trinajstić information content (AvgIpc) is 3.30. The van der Waals surface area contributed by atoms with Crippen molar-refractivity contribution in [2.45, 2.75) is 50.7 Å². The van der Waals surface area contributed by atoms with Gasteiger partial charge in [-0.1, -0.05) is 0 Å². The molecule has 3 heterocycles. The normalized spacial score (nSPS) is 22.8. The lowest BCUT2D eigenvalue weighted by atomic mass is 9.95. The van der Waals surface area contributed by atoms with Gasteiger partial charge in [0.25, 0.3) is 0 Å². The molecule has 2 aliphatic rings. The maximum Gasteiger partial charge on any atom is 0.153 e. The first-order chi connectivity index (χ1) is 11.8. The van der Waals surface area contributed by atoms with Gasteiger partial charge >= 0.3 is 0 Å². The van der Waals surface area contributed by atoms with Crippen molar-refractivity contribution < 1.29 is 4.74 Å². The molecule has 7 heteroatoms. The smallest absolute Gasteiger partial charge is 0.153 e. The summed E-state index contributed by atoms with van der Waals surface area (Å²) < 4.78 is 6.01. The van der Waals surface area contributed by atoms with Crippen LogP contribution in [-0.2, 0) is 17.6 Å². The van der Waals surface area contributed by atoms with Gasteiger partial charge in [-0.3, -0.25) is 5.10 Å². The van der Waals surface area contributed by atoms with Gasteiger partial charge in [0.15, 0.2) is 5.82 Å². The fourth-order valence-corrected chi connectivity index (χ4v) is 3.49. The molecule has 0 unspecified atom stereocenters. The molecule has 0 amide bonds. The van der Waals surface area contributed by atoms with E-state index in [0.29, 0.717) is 17.9 Å². The Morgan fingerprint density at radius 2 is 2.25 bits per heavy atom. The maximum absolute atomic E-state index is 9.40. The fourth-order valence-electron chi connectivity index (χ4n) is 3.49. The molecule has 2 aromatic rings. The van der Waals surface area contributed by atoms with Gasteiger partial charge in [-0.2, -0.15) is 10.4 Å². The summed E-state index contributed by atoms with van der Waals surface area (Å²) in [5, 5.41) is 19.5. The molecular weight excluding hydrogens is 304 g/mol. The summed E-state index contributed by atoms with van der Waals surface area (Å²) in [6, 6.07) is 4.26. The van der Waals surface area contributed by atoms with Gasteiger partial charge in [0.05, 0.1) is 11.7 Å². The van der Waals surface area contributed by atoms with Crippen LogP contribution < -0.4 is 5.32 Å². The third-order valence-electron chi connectivity index (χ3n) is 4.76. The van der Waals surface area contributed by atoms with E-state index in [-0.39, 0.29) is 12.2 Å². The van der Waals surface area contributed by atoms with E-state index in [9.17, 15) is 5.26 Å². The Morgan fingerprint density at radius 1 is 1.33 bits per heavy atom. The largest absolute Gasteiger partial charge is 0.366 e. The zero-order valence-corrected chi connectivity index (χ0v) is 13.5. The Kier molecular flexibility index (Phi) is 4.13. The predicted octanol–water partition coefficient (Wildman–Crippen LogP) is 2.28. The molecule has 1 fully saturated rings. The van der Waals surface area contributed by atoms with Crippen molar-refractivity contribution >= 4 is 5.82 Å². The molecule has 0 aromatic carbocycles. The highest BCUT2D eigenvalue weighted by Crippen LogP contribution is 2.31. The lowest BCUT2D eigenvalue weighted by Gasteiger charge is -2.18. The second-order valence-corrected chi connectivity index (χ2v) is 6.38. The van der Waals surface area contributed by atoms with Gasteiger partial charge in [-0.05, 0) is 50.2 Å². The van der Waals surface area contributed by atoms with Gasteiger partial charge in [0.2, 0.25) is 0 Å². The molecule has 24 heavy (non-hydrogen) atoms. The molecule has 0 radical (unpaired) electrons. The molecule has 0 bridgehead atoms. The van der Waals surface area contributed by atoms with Crippen molar-refractivity contribution in [3.05, 3.63) is 35.0 Å². The Balaban J connectivity index is 1.42. The van der Waals surface area contributed by atoms with Crippen LogP contribution in [0.1, 0.15) is 54.4 Å². The van der Waals surface area contributed by atoms with Crippen LogP contribution in [0, 0.1) is 11.3 Å². The molecule has 124 valence electrons. The van der Waals surface area contributed by atoms with E-state index in [2.05, 4.69) is 26.6 Å². The zero-order valence-electron chi connectivity index (χ0n) is 13.5. The molecule has 1 aliphatic carbocycles. The van der Waals surface area contributed by atoms with E-state index in [1.807, 2.05) is 6.07 Å². The molecule has 0 saturated carbocycles. The lowest BCUT2D eigenvalue weighted by Crippen LogP contribution is -2.21. The quantitative estimate of drug-likeness (QED) is 0.895. The molecule has 0 spiro atoms. The molecule has 7 nitrogen and oxygen atoms in total. The topological polar surface area (TPSA) is 99.5 Å². The summed E-state index contributed by atoms with van der Waals surface area (Å²) in [4.78, 5) is 8.86. The third kappa shape index (κ3) is 2.97. The number of aryl methyl sites for hydroxylation is 2. The number of rotatable bonds is 4. The molecule has 2 aromatic heterocycles. The number of nitrogens with one attached hydrogen (secondary N) is 2. The van der Waals surface area contributed by atoms with E-state index in [0.717, 1.165) is 37.2 Å². The number of aromatic nitrogens is 4. The molecular formula is C17H20N6O. The molecule has 1 aliphatic heterocycles.